The minimum atomic E-state index is -1.06. The second-order valence-corrected chi connectivity index (χ2v) is 3.40. The van der Waals surface area contributed by atoms with Gasteiger partial charge in [0.2, 0.25) is 5.88 Å². The first-order valence-corrected chi connectivity index (χ1v) is 4.96. The van der Waals surface area contributed by atoms with Gasteiger partial charge in [-0.25, -0.2) is 14.8 Å². The molecular weight excluding hydrogens is 222 g/mol. The molecule has 0 aliphatic carbocycles. The Morgan fingerprint density at radius 1 is 1.47 bits per heavy atom. The summed E-state index contributed by atoms with van der Waals surface area (Å²) < 4.78 is 7.14. The first-order valence-electron chi connectivity index (χ1n) is 4.96. The number of nitrogens with zero attached hydrogens (tertiary/aromatic N) is 3. The number of carboxylic acid groups (broad SMARTS) is 1. The summed E-state index contributed by atoms with van der Waals surface area (Å²) in [6, 6.07) is 3.00. The van der Waals surface area contributed by atoms with E-state index in [4.69, 9.17) is 9.84 Å². The van der Waals surface area contributed by atoms with E-state index in [1.807, 2.05) is 7.05 Å². The fourth-order valence-electron chi connectivity index (χ4n) is 1.34. The van der Waals surface area contributed by atoms with Crippen LogP contribution in [0.4, 0.5) is 0 Å². The summed E-state index contributed by atoms with van der Waals surface area (Å²) in [5, 5.41) is 8.94. The summed E-state index contributed by atoms with van der Waals surface area (Å²) in [4.78, 5) is 18.9. The Bertz CT molecular complexity index is 536. The summed E-state index contributed by atoms with van der Waals surface area (Å²) in [6.45, 7) is 0.181. The van der Waals surface area contributed by atoms with Crippen LogP contribution in [0.25, 0.3) is 0 Å². The average Bonchev–Trinajstić information content (AvgIpc) is 2.72. The van der Waals surface area contributed by atoms with Crippen LogP contribution in [0.1, 0.15) is 16.2 Å². The number of hydrogen-bond acceptors (Lipinski definition) is 4. The fourth-order valence-corrected chi connectivity index (χ4v) is 1.34. The maximum absolute atomic E-state index is 10.9. The predicted molar refractivity (Wildman–Crippen MR) is 58.7 cm³/mol. The van der Waals surface area contributed by atoms with Gasteiger partial charge in [-0.1, -0.05) is 0 Å². The zero-order chi connectivity index (χ0) is 12.3. The van der Waals surface area contributed by atoms with Crippen molar-refractivity contribution in [3.8, 4) is 5.88 Å². The van der Waals surface area contributed by atoms with Crippen LogP contribution in [0.5, 0.6) is 5.88 Å². The van der Waals surface area contributed by atoms with Crippen LogP contribution in [0, 0.1) is 0 Å². The van der Waals surface area contributed by atoms with Crippen molar-refractivity contribution in [2.75, 3.05) is 0 Å². The van der Waals surface area contributed by atoms with Crippen molar-refractivity contribution in [3.05, 3.63) is 42.1 Å². The highest BCUT2D eigenvalue weighted by molar-refractivity contribution is 5.90. The second-order valence-electron chi connectivity index (χ2n) is 3.40. The summed E-state index contributed by atoms with van der Waals surface area (Å²) >= 11 is 0. The van der Waals surface area contributed by atoms with Crippen LogP contribution < -0.4 is 4.74 Å². The highest BCUT2D eigenvalue weighted by Gasteiger charge is 2.12. The average molecular weight is 233 g/mol. The molecule has 0 aromatic carbocycles. The molecular formula is C11H11N3O3. The normalized spacial score (nSPS) is 10.2. The van der Waals surface area contributed by atoms with E-state index in [9.17, 15) is 4.79 Å². The lowest BCUT2D eigenvalue weighted by Gasteiger charge is -2.07. The lowest BCUT2D eigenvalue weighted by molar-refractivity contribution is 0.0690. The third kappa shape index (κ3) is 2.41. The minimum absolute atomic E-state index is 0.0432. The monoisotopic (exact) mass is 233 g/mol. The number of imidazole rings is 1. The lowest BCUT2D eigenvalue weighted by atomic mass is 10.3. The van der Waals surface area contributed by atoms with E-state index in [2.05, 4.69) is 9.97 Å². The number of carbonyl (C=O) groups is 1. The molecule has 0 aliphatic rings. The number of aromatic carboxylic acids is 1. The van der Waals surface area contributed by atoms with Gasteiger partial charge in [0.05, 0.1) is 0 Å². The molecule has 0 saturated carbocycles. The molecule has 88 valence electrons. The van der Waals surface area contributed by atoms with Crippen LogP contribution in [-0.2, 0) is 13.7 Å². The van der Waals surface area contributed by atoms with Gasteiger partial charge in [-0.15, -0.1) is 0 Å². The Hall–Kier alpha value is -2.37. The molecule has 1 N–H and O–H groups in total. The van der Waals surface area contributed by atoms with Crippen molar-refractivity contribution in [1.82, 2.24) is 14.5 Å². The molecule has 2 rings (SSSR count). The van der Waals surface area contributed by atoms with Crippen molar-refractivity contribution in [3.63, 3.8) is 0 Å². The quantitative estimate of drug-likeness (QED) is 0.855. The van der Waals surface area contributed by atoms with E-state index in [0.717, 1.165) is 0 Å². The predicted octanol–water partition coefficient (Wildman–Crippen LogP) is 1.09. The van der Waals surface area contributed by atoms with Crippen LogP contribution >= 0.6 is 0 Å². The van der Waals surface area contributed by atoms with Crippen molar-refractivity contribution in [2.24, 2.45) is 7.05 Å². The molecule has 0 amide bonds. The van der Waals surface area contributed by atoms with Gasteiger partial charge in [-0.3, -0.25) is 0 Å². The van der Waals surface area contributed by atoms with Gasteiger partial charge in [0, 0.05) is 25.6 Å². The maximum atomic E-state index is 10.9. The van der Waals surface area contributed by atoms with Gasteiger partial charge in [-0.05, 0) is 12.1 Å². The largest absolute Gasteiger partial charge is 0.477 e. The molecule has 2 heterocycles. The van der Waals surface area contributed by atoms with Crippen LogP contribution in [0.15, 0.2) is 30.7 Å². The highest BCUT2D eigenvalue weighted by atomic mass is 16.5. The Morgan fingerprint density at radius 3 is 2.94 bits per heavy atom. The van der Waals surface area contributed by atoms with Crippen LogP contribution in [0.2, 0.25) is 0 Å². The Kier molecular flexibility index (Phi) is 3.04. The lowest BCUT2D eigenvalue weighted by Crippen LogP contribution is -2.07. The van der Waals surface area contributed by atoms with Crippen molar-refractivity contribution >= 4 is 5.97 Å². The third-order valence-electron chi connectivity index (χ3n) is 2.26. The summed E-state index contributed by atoms with van der Waals surface area (Å²) in [5.74, 6) is -0.261. The summed E-state index contributed by atoms with van der Waals surface area (Å²) in [5.41, 5.74) is 0.0432. The SMILES string of the molecule is Cn1ccnc1COc1ncccc1C(=O)O. The van der Waals surface area contributed by atoms with E-state index >= 15 is 0 Å². The summed E-state index contributed by atoms with van der Waals surface area (Å²) in [6.07, 6.45) is 4.92. The van der Waals surface area contributed by atoms with E-state index in [1.54, 1.807) is 23.0 Å². The molecule has 0 aliphatic heterocycles. The Labute approximate surface area is 97.5 Å². The number of aryl methyl sites for hydroxylation is 1. The second kappa shape index (κ2) is 4.65. The first-order chi connectivity index (χ1) is 8.18. The molecule has 2 aromatic heterocycles. The van der Waals surface area contributed by atoms with Crippen LogP contribution in [-0.4, -0.2) is 25.6 Å². The van der Waals surface area contributed by atoms with E-state index in [1.165, 1.54) is 12.3 Å². The molecule has 0 unspecified atom stereocenters. The zero-order valence-corrected chi connectivity index (χ0v) is 9.20. The number of rotatable bonds is 4. The van der Waals surface area contributed by atoms with E-state index in [0.29, 0.717) is 5.82 Å². The van der Waals surface area contributed by atoms with Gasteiger partial charge in [-0.2, -0.15) is 0 Å². The van der Waals surface area contributed by atoms with Gasteiger partial charge >= 0.3 is 5.97 Å². The summed E-state index contributed by atoms with van der Waals surface area (Å²) in [7, 11) is 1.84. The van der Waals surface area contributed by atoms with Crippen molar-refractivity contribution < 1.29 is 14.6 Å². The van der Waals surface area contributed by atoms with Gasteiger partial charge in [0.25, 0.3) is 0 Å². The standard InChI is InChI=1S/C11H11N3O3/c1-14-6-5-12-9(14)7-17-10-8(11(15)16)3-2-4-13-10/h2-6H,7H2,1H3,(H,15,16). The number of carboxylic acids is 1. The van der Waals surface area contributed by atoms with Gasteiger partial charge in [0.1, 0.15) is 18.0 Å². The highest BCUT2D eigenvalue weighted by Crippen LogP contribution is 2.15. The van der Waals surface area contributed by atoms with E-state index in [-0.39, 0.29) is 18.1 Å². The molecule has 0 bridgehead atoms. The van der Waals surface area contributed by atoms with Gasteiger partial charge in [0.15, 0.2) is 0 Å². The molecule has 2 aromatic rings. The number of pyridine rings is 1. The third-order valence-corrected chi connectivity index (χ3v) is 2.26. The minimum Gasteiger partial charge on any atom is -0.477 e. The smallest absolute Gasteiger partial charge is 0.341 e. The maximum Gasteiger partial charge on any atom is 0.341 e. The molecule has 0 spiro atoms. The van der Waals surface area contributed by atoms with Crippen molar-refractivity contribution in [2.45, 2.75) is 6.61 Å². The molecule has 17 heavy (non-hydrogen) atoms. The number of aromatic nitrogens is 3. The fraction of sp³-hybridized carbons (Fsp3) is 0.182. The van der Waals surface area contributed by atoms with Gasteiger partial charge < -0.3 is 14.4 Å². The number of hydrogen-bond donors (Lipinski definition) is 1. The molecule has 0 radical (unpaired) electrons. The molecule has 0 saturated heterocycles. The number of ether oxygens (including phenoxy) is 1. The molecule has 6 heteroatoms. The Morgan fingerprint density at radius 2 is 2.29 bits per heavy atom. The Balaban J connectivity index is 2.14. The molecule has 0 fully saturated rings. The molecule has 6 nitrogen and oxygen atoms in total. The van der Waals surface area contributed by atoms with Crippen LogP contribution in [0.3, 0.4) is 0 Å². The zero-order valence-electron chi connectivity index (χ0n) is 9.20. The van der Waals surface area contributed by atoms with Crippen molar-refractivity contribution in [1.29, 1.82) is 0 Å². The topological polar surface area (TPSA) is 77.2 Å². The first kappa shape index (κ1) is 11.1. The van der Waals surface area contributed by atoms with E-state index < -0.39 is 5.97 Å². The molecule has 0 atom stereocenters.